The van der Waals surface area contributed by atoms with Gasteiger partial charge in [-0.2, -0.15) is 5.10 Å². The third kappa shape index (κ3) is 2.69. The molecule has 6 heteroatoms. The minimum Gasteiger partial charge on any atom is -0.497 e. The summed E-state index contributed by atoms with van der Waals surface area (Å²) in [4.78, 5) is 22.6. The molecule has 2 aromatic rings. The second-order valence-electron chi connectivity index (χ2n) is 4.24. The molecule has 0 amide bonds. The van der Waals surface area contributed by atoms with Crippen molar-refractivity contribution in [1.29, 1.82) is 0 Å². The summed E-state index contributed by atoms with van der Waals surface area (Å²) >= 11 is 0. The third-order valence-corrected chi connectivity index (χ3v) is 2.94. The summed E-state index contributed by atoms with van der Waals surface area (Å²) in [6.45, 7) is 1.41. The molecule has 0 fully saturated rings. The molecule has 6 nitrogen and oxygen atoms in total. The largest absolute Gasteiger partial charge is 0.497 e. The fourth-order valence-corrected chi connectivity index (χ4v) is 1.72. The summed E-state index contributed by atoms with van der Waals surface area (Å²) in [5.74, 6) is -0.396. The summed E-state index contributed by atoms with van der Waals surface area (Å²) in [5, 5.41) is 13.1. The van der Waals surface area contributed by atoms with E-state index in [9.17, 15) is 9.59 Å². The van der Waals surface area contributed by atoms with Gasteiger partial charge in [-0.25, -0.2) is 9.48 Å². The number of nitrogens with zero attached hydrogens (tertiary/aromatic N) is 2. The van der Waals surface area contributed by atoms with Gasteiger partial charge in [0.15, 0.2) is 6.04 Å². The van der Waals surface area contributed by atoms with E-state index in [1.54, 1.807) is 37.4 Å². The summed E-state index contributed by atoms with van der Waals surface area (Å²) in [6.07, 6.45) is 0. The van der Waals surface area contributed by atoms with Crippen LogP contribution in [0.15, 0.2) is 41.2 Å². The Labute approximate surface area is 115 Å². The number of rotatable bonds is 4. The normalized spacial score (nSPS) is 11.9. The Balaban J connectivity index is 2.45. The molecule has 1 aromatic heterocycles. The van der Waals surface area contributed by atoms with Gasteiger partial charge in [0.1, 0.15) is 5.75 Å². The van der Waals surface area contributed by atoms with Crippen LogP contribution in [0, 0.1) is 0 Å². The van der Waals surface area contributed by atoms with Crippen LogP contribution in [-0.2, 0) is 4.79 Å². The highest BCUT2D eigenvalue weighted by molar-refractivity contribution is 5.71. The average molecular weight is 274 g/mol. The molecular weight excluding hydrogens is 260 g/mol. The average Bonchev–Trinajstić information content (AvgIpc) is 2.47. The molecule has 2 rings (SSSR count). The van der Waals surface area contributed by atoms with E-state index in [-0.39, 0.29) is 0 Å². The molecule has 0 saturated heterocycles. The highest BCUT2D eigenvalue weighted by atomic mass is 16.5. The van der Waals surface area contributed by atoms with Crippen LogP contribution in [0.4, 0.5) is 0 Å². The molecule has 1 aromatic carbocycles. The first-order valence-electron chi connectivity index (χ1n) is 6.00. The number of ether oxygens (including phenoxy) is 1. The van der Waals surface area contributed by atoms with Crippen LogP contribution in [0.2, 0.25) is 0 Å². The Morgan fingerprint density at radius 2 is 1.90 bits per heavy atom. The predicted octanol–water partition coefficient (Wildman–Crippen LogP) is 1.56. The fourth-order valence-electron chi connectivity index (χ4n) is 1.72. The van der Waals surface area contributed by atoms with Crippen molar-refractivity contribution >= 4 is 5.97 Å². The number of methoxy groups -OCH3 is 1. The van der Waals surface area contributed by atoms with E-state index in [1.807, 2.05) is 0 Å². The smallest absolute Gasteiger partial charge is 0.328 e. The first-order chi connectivity index (χ1) is 9.52. The highest BCUT2D eigenvalue weighted by Crippen LogP contribution is 2.19. The van der Waals surface area contributed by atoms with E-state index in [4.69, 9.17) is 9.84 Å². The lowest BCUT2D eigenvalue weighted by molar-refractivity contribution is -0.140. The lowest BCUT2D eigenvalue weighted by atomic mass is 10.1. The van der Waals surface area contributed by atoms with Gasteiger partial charge in [-0.05, 0) is 37.3 Å². The first kappa shape index (κ1) is 13.8. The molecule has 1 heterocycles. The highest BCUT2D eigenvalue weighted by Gasteiger charge is 2.16. The number of hydrogen-bond donors (Lipinski definition) is 1. The van der Waals surface area contributed by atoms with Crippen LogP contribution in [-0.4, -0.2) is 28.0 Å². The molecule has 0 aliphatic rings. The van der Waals surface area contributed by atoms with Gasteiger partial charge >= 0.3 is 5.97 Å². The lowest BCUT2D eigenvalue weighted by Crippen LogP contribution is -2.29. The van der Waals surface area contributed by atoms with Gasteiger partial charge < -0.3 is 9.84 Å². The standard InChI is InChI=1S/C14H14N2O4/c1-9(14(18)19)16-13(17)8-7-12(15-16)10-3-5-11(20-2)6-4-10/h3-9H,1-2H3,(H,18,19)/t9-/m1/s1. The van der Waals surface area contributed by atoms with Crippen LogP contribution < -0.4 is 10.3 Å². The molecule has 0 spiro atoms. The Bertz CT molecular complexity index is 676. The maximum atomic E-state index is 11.7. The van der Waals surface area contributed by atoms with Crippen molar-refractivity contribution in [3.05, 3.63) is 46.8 Å². The number of aliphatic carboxylic acids is 1. The Morgan fingerprint density at radius 1 is 1.25 bits per heavy atom. The Morgan fingerprint density at radius 3 is 2.45 bits per heavy atom. The van der Waals surface area contributed by atoms with E-state index < -0.39 is 17.6 Å². The maximum absolute atomic E-state index is 11.7. The van der Waals surface area contributed by atoms with Crippen LogP contribution in [0.5, 0.6) is 5.75 Å². The number of benzene rings is 1. The summed E-state index contributed by atoms with van der Waals surface area (Å²) in [5.41, 5.74) is 0.856. The first-order valence-corrected chi connectivity index (χ1v) is 6.00. The fraction of sp³-hybridized carbons (Fsp3) is 0.214. The number of carboxylic acid groups (broad SMARTS) is 1. The molecule has 20 heavy (non-hydrogen) atoms. The van der Waals surface area contributed by atoms with Gasteiger partial charge in [-0.3, -0.25) is 4.79 Å². The zero-order valence-electron chi connectivity index (χ0n) is 11.1. The van der Waals surface area contributed by atoms with E-state index in [0.717, 1.165) is 10.2 Å². The molecule has 1 atom stereocenters. The van der Waals surface area contributed by atoms with Crippen LogP contribution >= 0.6 is 0 Å². The van der Waals surface area contributed by atoms with Gasteiger partial charge in [0, 0.05) is 11.6 Å². The molecule has 0 aliphatic carbocycles. The van der Waals surface area contributed by atoms with Gasteiger partial charge in [-0.15, -0.1) is 0 Å². The molecule has 0 unspecified atom stereocenters. The molecule has 0 aliphatic heterocycles. The van der Waals surface area contributed by atoms with Crippen molar-refractivity contribution in [2.75, 3.05) is 7.11 Å². The van der Waals surface area contributed by atoms with Crippen molar-refractivity contribution < 1.29 is 14.6 Å². The van der Waals surface area contributed by atoms with Crippen LogP contribution in [0.1, 0.15) is 13.0 Å². The molecule has 0 radical (unpaired) electrons. The zero-order valence-corrected chi connectivity index (χ0v) is 11.1. The molecule has 104 valence electrons. The van der Waals surface area contributed by atoms with Crippen molar-refractivity contribution in [2.24, 2.45) is 0 Å². The van der Waals surface area contributed by atoms with Crippen molar-refractivity contribution in [1.82, 2.24) is 9.78 Å². The molecule has 0 saturated carbocycles. The lowest BCUT2D eigenvalue weighted by Gasteiger charge is -2.10. The second-order valence-corrected chi connectivity index (χ2v) is 4.24. The second kappa shape index (κ2) is 5.56. The van der Waals surface area contributed by atoms with Crippen LogP contribution in [0.25, 0.3) is 11.3 Å². The SMILES string of the molecule is COc1ccc(-c2ccc(=O)n([C@H](C)C(=O)O)n2)cc1. The topological polar surface area (TPSA) is 81.4 Å². The molecular formula is C14H14N2O4. The minimum atomic E-state index is -1.11. The Hall–Kier alpha value is -2.63. The number of hydrogen-bond acceptors (Lipinski definition) is 4. The van der Waals surface area contributed by atoms with E-state index >= 15 is 0 Å². The summed E-state index contributed by atoms with van der Waals surface area (Å²) in [6, 6.07) is 8.99. The number of aromatic nitrogens is 2. The van der Waals surface area contributed by atoms with Gasteiger partial charge in [0.2, 0.25) is 0 Å². The van der Waals surface area contributed by atoms with Gasteiger partial charge in [0.05, 0.1) is 12.8 Å². The van der Waals surface area contributed by atoms with E-state index in [0.29, 0.717) is 11.4 Å². The predicted molar refractivity (Wildman–Crippen MR) is 72.8 cm³/mol. The summed E-state index contributed by atoms with van der Waals surface area (Å²) < 4.78 is 6.02. The Kier molecular flexibility index (Phi) is 3.84. The van der Waals surface area contributed by atoms with Gasteiger partial charge in [-0.1, -0.05) is 0 Å². The van der Waals surface area contributed by atoms with Crippen molar-refractivity contribution in [3.63, 3.8) is 0 Å². The number of carboxylic acids is 1. The third-order valence-electron chi connectivity index (χ3n) is 2.94. The van der Waals surface area contributed by atoms with E-state index in [2.05, 4.69) is 5.10 Å². The van der Waals surface area contributed by atoms with E-state index in [1.165, 1.54) is 13.0 Å². The quantitative estimate of drug-likeness (QED) is 0.915. The van der Waals surface area contributed by atoms with Gasteiger partial charge in [0.25, 0.3) is 5.56 Å². The zero-order chi connectivity index (χ0) is 14.7. The minimum absolute atomic E-state index is 0.447. The maximum Gasteiger partial charge on any atom is 0.328 e. The summed E-state index contributed by atoms with van der Waals surface area (Å²) in [7, 11) is 1.57. The molecule has 0 bridgehead atoms. The van der Waals surface area contributed by atoms with Crippen molar-refractivity contribution in [2.45, 2.75) is 13.0 Å². The monoisotopic (exact) mass is 274 g/mol. The van der Waals surface area contributed by atoms with Crippen LogP contribution in [0.3, 0.4) is 0 Å². The number of carbonyl (C=O) groups is 1. The van der Waals surface area contributed by atoms with Crippen molar-refractivity contribution in [3.8, 4) is 17.0 Å². The molecule has 1 N–H and O–H groups in total.